The van der Waals surface area contributed by atoms with Crippen molar-refractivity contribution in [3.05, 3.63) is 41.4 Å². The third-order valence-corrected chi connectivity index (χ3v) is 2.55. The van der Waals surface area contributed by atoms with E-state index in [1.807, 2.05) is 24.3 Å². The summed E-state index contributed by atoms with van der Waals surface area (Å²) in [6, 6.07) is 7.49. The predicted molar refractivity (Wildman–Crippen MR) is 57.5 cm³/mol. The summed E-state index contributed by atoms with van der Waals surface area (Å²) < 4.78 is 0. The lowest BCUT2D eigenvalue weighted by atomic mass is 10.2. The van der Waals surface area contributed by atoms with Crippen molar-refractivity contribution in [2.45, 2.75) is 4.90 Å². The van der Waals surface area contributed by atoms with E-state index in [-0.39, 0.29) is 0 Å². The summed E-state index contributed by atoms with van der Waals surface area (Å²) in [5.74, 6) is 0.825. The topological polar surface area (TPSA) is 17.1 Å². The molecule has 13 heavy (non-hydrogen) atoms. The van der Waals surface area contributed by atoms with Crippen molar-refractivity contribution in [1.82, 2.24) is 0 Å². The lowest BCUT2D eigenvalue weighted by Gasteiger charge is -1.97. The Labute approximate surface area is 86.8 Å². The quantitative estimate of drug-likeness (QED) is 0.563. The average Bonchev–Trinajstić information content (AvgIpc) is 2.19. The van der Waals surface area contributed by atoms with Crippen LogP contribution in [-0.2, 0) is 0 Å². The van der Waals surface area contributed by atoms with Crippen LogP contribution in [0.15, 0.2) is 40.8 Å². The fourth-order valence-electron chi connectivity index (χ4n) is 0.858. The van der Waals surface area contributed by atoms with Crippen molar-refractivity contribution in [1.29, 1.82) is 0 Å². The molecule has 0 amide bonds. The van der Waals surface area contributed by atoms with Gasteiger partial charge in [0.15, 0.2) is 0 Å². The van der Waals surface area contributed by atoms with Crippen molar-refractivity contribution in [2.75, 3.05) is 5.75 Å². The van der Waals surface area contributed by atoms with Gasteiger partial charge in [-0.2, -0.15) is 0 Å². The summed E-state index contributed by atoms with van der Waals surface area (Å²) >= 11 is 7.02. The molecule has 1 aromatic rings. The normalized spacial score (nSPS) is 10.5. The van der Waals surface area contributed by atoms with E-state index in [9.17, 15) is 4.79 Å². The largest absolute Gasteiger partial charge is 0.298 e. The lowest BCUT2D eigenvalue weighted by Crippen LogP contribution is -1.80. The molecule has 0 radical (unpaired) electrons. The predicted octanol–water partition coefficient (Wildman–Crippen LogP) is 3.34. The van der Waals surface area contributed by atoms with Gasteiger partial charge in [-0.25, -0.2) is 0 Å². The number of hydrogen-bond donors (Lipinski definition) is 0. The summed E-state index contributed by atoms with van der Waals surface area (Å²) in [5, 5.41) is 0. The second-order valence-corrected chi connectivity index (χ2v) is 3.71. The van der Waals surface area contributed by atoms with Crippen molar-refractivity contribution in [3.8, 4) is 0 Å². The Balaban J connectivity index is 2.61. The van der Waals surface area contributed by atoms with Crippen LogP contribution in [0.1, 0.15) is 10.4 Å². The Morgan fingerprint density at radius 2 is 2.31 bits per heavy atom. The van der Waals surface area contributed by atoms with Gasteiger partial charge in [0.05, 0.1) is 0 Å². The maximum absolute atomic E-state index is 10.4. The third kappa shape index (κ3) is 3.66. The van der Waals surface area contributed by atoms with E-state index < -0.39 is 0 Å². The number of benzene rings is 1. The van der Waals surface area contributed by atoms with Crippen LogP contribution >= 0.6 is 23.4 Å². The highest BCUT2D eigenvalue weighted by molar-refractivity contribution is 7.99. The van der Waals surface area contributed by atoms with Crippen LogP contribution < -0.4 is 0 Å². The highest BCUT2D eigenvalue weighted by Gasteiger charge is 1.93. The molecule has 68 valence electrons. The molecule has 1 aromatic carbocycles. The zero-order valence-electron chi connectivity index (χ0n) is 6.94. The zero-order valence-corrected chi connectivity index (χ0v) is 8.52. The Bertz CT molecular complexity index is 310. The lowest BCUT2D eigenvalue weighted by molar-refractivity contribution is 0.112. The first-order chi connectivity index (χ1) is 6.36. The smallest absolute Gasteiger partial charge is 0.150 e. The Morgan fingerprint density at radius 1 is 1.46 bits per heavy atom. The van der Waals surface area contributed by atoms with E-state index >= 15 is 0 Å². The molecule has 0 N–H and O–H groups in total. The van der Waals surface area contributed by atoms with Gasteiger partial charge >= 0.3 is 0 Å². The second-order valence-electron chi connectivity index (χ2n) is 2.36. The molecule has 0 aliphatic heterocycles. The van der Waals surface area contributed by atoms with Crippen molar-refractivity contribution < 1.29 is 4.79 Å². The van der Waals surface area contributed by atoms with Crippen molar-refractivity contribution >= 4 is 29.6 Å². The summed E-state index contributed by atoms with van der Waals surface area (Å²) in [7, 11) is 0. The molecule has 0 heterocycles. The van der Waals surface area contributed by atoms with Crippen LogP contribution in [0.3, 0.4) is 0 Å². The molecule has 0 fully saturated rings. The molecule has 3 heteroatoms. The van der Waals surface area contributed by atoms with Gasteiger partial charge in [-0.05, 0) is 12.1 Å². The van der Waals surface area contributed by atoms with Gasteiger partial charge < -0.3 is 0 Å². The first-order valence-corrected chi connectivity index (χ1v) is 5.22. The van der Waals surface area contributed by atoms with Gasteiger partial charge in [0.2, 0.25) is 0 Å². The monoisotopic (exact) mass is 212 g/mol. The Kier molecular flexibility index (Phi) is 4.65. The number of halogens is 1. The molecule has 0 aromatic heterocycles. The van der Waals surface area contributed by atoms with Crippen molar-refractivity contribution in [3.63, 3.8) is 0 Å². The number of aldehydes is 1. The van der Waals surface area contributed by atoms with Gasteiger partial charge in [-0.15, -0.1) is 11.8 Å². The van der Waals surface area contributed by atoms with E-state index in [1.165, 1.54) is 5.54 Å². The average molecular weight is 213 g/mol. The van der Waals surface area contributed by atoms with Gasteiger partial charge in [0, 0.05) is 21.7 Å². The molecule has 0 atom stereocenters. The number of carbonyl (C=O) groups excluding carboxylic acids is 1. The summed E-state index contributed by atoms with van der Waals surface area (Å²) in [6.45, 7) is 0. The van der Waals surface area contributed by atoms with E-state index in [0.29, 0.717) is 5.56 Å². The maximum atomic E-state index is 10.4. The standard InChI is InChI=1S/C10H9ClOS/c11-5-2-6-13-10-4-1-3-9(7-10)8-12/h1-5,7-8H,6H2. The van der Waals surface area contributed by atoms with Gasteiger partial charge in [-0.3, -0.25) is 4.79 Å². The Morgan fingerprint density at radius 3 is 3.00 bits per heavy atom. The summed E-state index contributed by atoms with van der Waals surface area (Å²) in [4.78, 5) is 11.5. The SMILES string of the molecule is O=Cc1cccc(SCC=CCl)c1. The highest BCUT2D eigenvalue weighted by Crippen LogP contribution is 2.18. The molecule has 0 bridgehead atoms. The molecule has 0 saturated heterocycles. The maximum Gasteiger partial charge on any atom is 0.150 e. The van der Waals surface area contributed by atoms with E-state index in [4.69, 9.17) is 11.6 Å². The van der Waals surface area contributed by atoms with Crippen LogP contribution in [0.2, 0.25) is 0 Å². The van der Waals surface area contributed by atoms with Crippen LogP contribution in [0.25, 0.3) is 0 Å². The minimum atomic E-state index is 0.708. The fourth-order valence-corrected chi connectivity index (χ4v) is 1.83. The third-order valence-electron chi connectivity index (χ3n) is 1.43. The van der Waals surface area contributed by atoms with Gasteiger partial charge in [-0.1, -0.05) is 29.8 Å². The minimum Gasteiger partial charge on any atom is -0.298 e. The molecule has 0 spiro atoms. The first-order valence-electron chi connectivity index (χ1n) is 3.80. The molecule has 0 unspecified atom stereocenters. The van der Waals surface area contributed by atoms with Gasteiger partial charge in [0.25, 0.3) is 0 Å². The van der Waals surface area contributed by atoms with Crippen LogP contribution in [0.5, 0.6) is 0 Å². The number of rotatable bonds is 4. The van der Waals surface area contributed by atoms with Crippen molar-refractivity contribution in [2.24, 2.45) is 0 Å². The van der Waals surface area contributed by atoms with E-state index in [1.54, 1.807) is 17.8 Å². The molecule has 0 aliphatic rings. The summed E-state index contributed by atoms with van der Waals surface area (Å²) in [5.41, 5.74) is 2.20. The first kappa shape index (κ1) is 10.4. The fraction of sp³-hybridized carbons (Fsp3) is 0.100. The highest BCUT2D eigenvalue weighted by atomic mass is 35.5. The van der Waals surface area contributed by atoms with Crippen LogP contribution in [0, 0.1) is 0 Å². The molecule has 1 nitrogen and oxygen atoms in total. The number of carbonyl (C=O) groups is 1. The molecule has 0 saturated carbocycles. The zero-order chi connectivity index (χ0) is 9.52. The minimum absolute atomic E-state index is 0.708. The van der Waals surface area contributed by atoms with Crippen LogP contribution in [0.4, 0.5) is 0 Å². The van der Waals surface area contributed by atoms with Crippen LogP contribution in [-0.4, -0.2) is 12.0 Å². The summed E-state index contributed by atoms with van der Waals surface area (Å²) in [6.07, 6.45) is 2.71. The molecule has 0 aliphatic carbocycles. The van der Waals surface area contributed by atoms with Gasteiger partial charge in [0.1, 0.15) is 6.29 Å². The molecular formula is C10H9ClOS. The number of thioether (sulfide) groups is 1. The second kappa shape index (κ2) is 5.84. The molecular weight excluding hydrogens is 204 g/mol. The Hall–Kier alpha value is -0.730. The van der Waals surface area contributed by atoms with E-state index in [2.05, 4.69) is 0 Å². The number of hydrogen-bond acceptors (Lipinski definition) is 2. The van der Waals surface area contributed by atoms with E-state index in [0.717, 1.165) is 16.9 Å². The molecule has 1 rings (SSSR count).